The van der Waals surface area contributed by atoms with Crippen molar-refractivity contribution in [3.63, 3.8) is 0 Å². The van der Waals surface area contributed by atoms with E-state index in [1.54, 1.807) is 30.3 Å². The Morgan fingerprint density at radius 3 is 2.36 bits per heavy atom. The largest absolute Gasteiger partial charge is 0.296 e. The Bertz CT molecular complexity index is 830. The second-order valence-corrected chi connectivity index (χ2v) is 4.67. The molecule has 6 heteroatoms. The van der Waals surface area contributed by atoms with E-state index in [4.69, 9.17) is 0 Å². The number of hydrogen-bond acceptors (Lipinski definition) is 3. The molecule has 0 bridgehead atoms. The van der Waals surface area contributed by atoms with Gasteiger partial charge in [0.25, 0.3) is 0 Å². The standard InChI is InChI=1S/C16H11F2N3O/c17-13-7-3-1-5-11(13)9-21-16(15(10-22)19-20-21)12-6-2-4-8-14(12)18/h1-8,10H,9H2. The predicted octanol–water partition coefficient (Wildman–Crippen LogP) is 3.08. The minimum atomic E-state index is -0.498. The molecule has 2 aromatic carbocycles. The second-order valence-electron chi connectivity index (χ2n) is 4.67. The minimum Gasteiger partial charge on any atom is -0.296 e. The smallest absolute Gasteiger partial charge is 0.172 e. The van der Waals surface area contributed by atoms with Crippen LogP contribution in [0.1, 0.15) is 16.1 Å². The van der Waals surface area contributed by atoms with E-state index in [2.05, 4.69) is 10.3 Å². The third-order valence-electron chi connectivity index (χ3n) is 3.28. The highest BCUT2D eigenvalue weighted by molar-refractivity contribution is 5.83. The predicted molar refractivity (Wildman–Crippen MR) is 76.3 cm³/mol. The van der Waals surface area contributed by atoms with Crippen LogP contribution in [-0.2, 0) is 6.54 Å². The zero-order valence-corrected chi connectivity index (χ0v) is 11.4. The molecule has 1 heterocycles. The summed E-state index contributed by atoms with van der Waals surface area (Å²) in [5, 5.41) is 7.58. The topological polar surface area (TPSA) is 47.8 Å². The lowest BCUT2D eigenvalue weighted by Gasteiger charge is -2.08. The van der Waals surface area contributed by atoms with Crippen LogP contribution >= 0.6 is 0 Å². The van der Waals surface area contributed by atoms with Gasteiger partial charge >= 0.3 is 0 Å². The molecule has 0 aliphatic carbocycles. The number of rotatable bonds is 4. The van der Waals surface area contributed by atoms with Gasteiger partial charge in [0.1, 0.15) is 17.3 Å². The van der Waals surface area contributed by atoms with Gasteiger partial charge in [0.05, 0.1) is 6.54 Å². The van der Waals surface area contributed by atoms with Crippen LogP contribution in [0.5, 0.6) is 0 Å². The van der Waals surface area contributed by atoms with Crippen molar-refractivity contribution in [1.82, 2.24) is 15.0 Å². The Labute approximate surface area is 125 Å². The lowest BCUT2D eigenvalue weighted by molar-refractivity contribution is 0.111. The molecule has 0 aliphatic heterocycles. The van der Waals surface area contributed by atoms with Gasteiger partial charge in [-0.2, -0.15) is 0 Å². The van der Waals surface area contributed by atoms with Crippen molar-refractivity contribution in [2.75, 3.05) is 0 Å². The van der Waals surface area contributed by atoms with Gasteiger partial charge in [-0.1, -0.05) is 35.5 Å². The summed E-state index contributed by atoms with van der Waals surface area (Å²) in [6.45, 7) is 0.0528. The molecule has 4 nitrogen and oxygen atoms in total. The average Bonchev–Trinajstić information content (AvgIpc) is 2.93. The molecule has 0 atom stereocenters. The number of aromatic nitrogens is 3. The van der Waals surface area contributed by atoms with Crippen LogP contribution in [0.15, 0.2) is 48.5 Å². The van der Waals surface area contributed by atoms with Gasteiger partial charge in [0, 0.05) is 11.1 Å². The Morgan fingerprint density at radius 1 is 1.00 bits per heavy atom. The van der Waals surface area contributed by atoms with Gasteiger partial charge in [0.2, 0.25) is 0 Å². The molecular weight excluding hydrogens is 288 g/mol. The van der Waals surface area contributed by atoms with Crippen LogP contribution in [0, 0.1) is 11.6 Å². The lowest BCUT2D eigenvalue weighted by atomic mass is 10.1. The van der Waals surface area contributed by atoms with E-state index in [0.717, 1.165) is 0 Å². The van der Waals surface area contributed by atoms with Crippen LogP contribution in [-0.4, -0.2) is 21.3 Å². The molecular formula is C16H11F2N3O. The summed E-state index contributed by atoms with van der Waals surface area (Å²) in [5.74, 6) is -0.896. The molecule has 0 radical (unpaired) electrons. The molecule has 3 aromatic rings. The highest BCUT2D eigenvalue weighted by Gasteiger charge is 2.18. The molecule has 0 saturated heterocycles. The highest BCUT2D eigenvalue weighted by atomic mass is 19.1. The zero-order chi connectivity index (χ0) is 15.5. The lowest BCUT2D eigenvalue weighted by Crippen LogP contribution is -2.07. The van der Waals surface area contributed by atoms with E-state index in [9.17, 15) is 13.6 Å². The minimum absolute atomic E-state index is 0.0152. The summed E-state index contributed by atoms with van der Waals surface area (Å²) in [7, 11) is 0. The molecule has 0 N–H and O–H groups in total. The third kappa shape index (κ3) is 2.50. The Morgan fingerprint density at radius 2 is 1.68 bits per heavy atom. The summed E-state index contributed by atoms with van der Waals surface area (Å²) < 4.78 is 29.1. The first kappa shape index (κ1) is 14.1. The van der Waals surface area contributed by atoms with Gasteiger partial charge in [-0.3, -0.25) is 4.79 Å². The Balaban J connectivity index is 2.11. The fourth-order valence-electron chi connectivity index (χ4n) is 2.23. The zero-order valence-electron chi connectivity index (χ0n) is 11.4. The molecule has 0 unspecified atom stereocenters. The van der Waals surface area contributed by atoms with Crippen molar-refractivity contribution in [2.45, 2.75) is 6.54 Å². The number of carbonyl (C=O) groups excluding carboxylic acids is 1. The number of halogens is 2. The van der Waals surface area contributed by atoms with Crippen molar-refractivity contribution in [1.29, 1.82) is 0 Å². The molecule has 3 rings (SSSR count). The van der Waals surface area contributed by atoms with E-state index in [-0.39, 0.29) is 23.5 Å². The Hall–Kier alpha value is -2.89. The maximum Gasteiger partial charge on any atom is 0.172 e. The summed E-state index contributed by atoms with van der Waals surface area (Å²) >= 11 is 0. The SMILES string of the molecule is O=Cc1nnn(Cc2ccccc2F)c1-c1ccccc1F. The fourth-order valence-corrected chi connectivity index (χ4v) is 2.23. The number of carbonyl (C=O) groups is 1. The van der Waals surface area contributed by atoms with E-state index < -0.39 is 11.6 Å². The van der Waals surface area contributed by atoms with Crippen molar-refractivity contribution in [2.24, 2.45) is 0 Å². The molecule has 0 aliphatic rings. The van der Waals surface area contributed by atoms with Crippen LogP contribution in [0.25, 0.3) is 11.3 Å². The molecule has 0 fully saturated rings. The van der Waals surface area contributed by atoms with E-state index in [0.29, 0.717) is 11.8 Å². The van der Waals surface area contributed by atoms with Gasteiger partial charge in [-0.25, -0.2) is 13.5 Å². The van der Waals surface area contributed by atoms with Crippen molar-refractivity contribution in [3.8, 4) is 11.3 Å². The van der Waals surface area contributed by atoms with Gasteiger partial charge in [0.15, 0.2) is 12.0 Å². The van der Waals surface area contributed by atoms with Crippen molar-refractivity contribution >= 4 is 6.29 Å². The van der Waals surface area contributed by atoms with Crippen LogP contribution in [0.2, 0.25) is 0 Å². The van der Waals surface area contributed by atoms with Crippen molar-refractivity contribution in [3.05, 3.63) is 71.4 Å². The van der Waals surface area contributed by atoms with E-state index in [1.165, 1.54) is 22.9 Å². The number of nitrogens with zero attached hydrogens (tertiary/aromatic N) is 3. The second kappa shape index (κ2) is 5.85. The first-order valence-corrected chi connectivity index (χ1v) is 6.57. The molecule has 1 aromatic heterocycles. The average molecular weight is 299 g/mol. The number of aldehydes is 1. The highest BCUT2D eigenvalue weighted by Crippen LogP contribution is 2.25. The number of benzene rings is 2. The summed E-state index contributed by atoms with van der Waals surface area (Å²) in [5.41, 5.74) is 0.825. The molecule has 0 saturated carbocycles. The van der Waals surface area contributed by atoms with E-state index >= 15 is 0 Å². The summed E-state index contributed by atoms with van der Waals surface area (Å²) in [4.78, 5) is 11.1. The number of hydrogen-bond donors (Lipinski definition) is 0. The van der Waals surface area contributed by atoms with Crippen LogP contribution < -0.4 is 0 Å². The first-order valence-electron chi connectivity index (χ1n) is 6.57. The molecule has 22 heavy (non-hydrogen) atoms. The fraction of sp³-hybridized carbons (Fsp3) is 0.0625. The maximum absolute atomic E-state index is 14.0. The van der Waals surface area contributed by atoms with Crippen LogP contribution in [0.3, 0.4) is 0 Å². The van der Waals surface area contributed by atoms with Gasteiger partial charge in [-0.15, -0.1) is 5.10 Å². The quantitative estimate of drug-likeness (QED) is 0.696. The maximum atomic E-state index is 14.0. The van der Waals surface area contributed by atoms with Crippen molar-refractivity contribution < 1.29 is 13.6 Å². The summed E-state index contributed by atoms with van der Waals surface area (Å²) in [6, 6.07) is 12.2. The van der Waals surface area contributed by atoms with Gasteiger partial charge in [-0.05, 0) is 18.2 Å². The summed E-state index contributed by atoms with van der Waals surface area (Å²) in [6.07, 6.45) is 0.507. The first-order chi connectivity index (χ1) is 10.7. The molecule has 110 valence electrons. The normalized spacial score (nSPS) is 10.6. The monoisotopic (exact) mass is 299 g/mol. The molecule has 0 spiro atoms. The van der Waals surface area contributed by atoms with Gasteiger partial charge < -0.3 is 0 Å². The molecule has 0 amide bonds. The Kier molecular flexibility index (Phi) is 3.74. The van der Waals surface area contributed by atoms with Crippen LogP contribution in [0.4, 0.5) is 8.78 Å². The third-order valence-corrected chi connectivity index (χ3v) is 3.28. The van der Waals surface area contributed by atoms with E-state index in [1.807, 2.05) is 0 Å².